The van der Waals surface area contributed by atoms with E-state index in [1.165, 1.54) is 0 Å². The molecule has 0 fully saturated rings. The van der Waals surface area contributed by atoms with E-state index in [4.69, 9.17) is 9.47 Å². The van der Waals surface area contributed by atoms with Crippen LogP contribution in [-0.4, -0.2) is 48.0 Å². The number of pyridine rings is 1. The van der Waals surface area contributed by atoms with Crippen molar-refractivity contribution in [3.8, 4) is 11.5 Å². The molecule has 2 aromatic heterocycles. The van der Waals surface area contributed by atoms with Crippen LogP contribution in [0.15, 0.2) is 48.7 Å². The van der Waals surface area contributed by atoms with Crippen molar-refractivity contribution < 1.29 is 19.1 Å². The normalized spacial score (nSPS) is 10.6. The van der Waals surface area contributed by atoms with Gasteiger partial charge in [0.15, 0.2) is 5.69 Å². The fraction of sp³-hybridized carbons (Fsp3) is 0.286. The van der Waals surface area contributed by atoms with E-state index in [2.05, 4.69) is 15.6 Å². The molecule has 0 bridgehead atoms. The predicted molar refractivity (Wildman–Crippen MR) is 109 cm³/mol. The topological polar surface area (TPSA) is 94.0 Å². The lowest BCUT2D eigenvalue weighted by atomic mass is 10.3. The summed E-state index contributed by atoms with van der Waals surface area (Å²) in [6.45, 7) is 3.11. The van der Waals surface area contributed by atoms with Crippen LogP contribution in [0.3, 0.4) is 0 Å². The molecule has 3 rings (SSSR count). The summed E-state index contributed by atoms with van der Waals surface area (Å²) in [7, 11) is 1.60. The molecule has 8 nitrogen and oxygen atoms in total. The minimum Gasteiger partial charge on any atom is -0.497 e. The number of hydrogen-bond acceptors (Lipinski definition) is 5. The maximum absolute atomic E-state index is 12.6. The van der Waals surface area contributed by atoms with Gasteiger partial charge in [0, 0.05) is 12.7 Å². The monoisotopic (exact) mass is 396 g/mol. The molecule has 1 aromatic carbocycles. The van der Waals surface area contributed by atoms with Gasteiger partial charge in [-0.3, -0.25) is 14.0 Å². The van der Waals surface area contributed by atoms with E-state index in [1.807, 2.05) is 6.92 Å². The molecular weight excluding hydrogens is 372 g/mol. The van der Waals surface area contributed by atoms with Gasteiger partial charge in [-0.25, -0.2) is 4.98 Å². The molecular formula is C21H24N4O4. The number of nitrogens with zero attached hydrogens (tertiary/aromatic N) is 2. The summed E-state index contributed by atoms with van der Waals surface area (Å²) in [6.07, 6.45) is 2.53. The van der Waals surface area contributed by atoms with E-state index < -0.39 is 0 Å². The maximum Gasteiger partial charge on any atom is 0.287 e. The molecule has 2 amide bonds. The Bertz CT molecular complexity index is 982. The zero-order valence-electron chi connectivity index (χ0n) is 16.5. The fourth-order valence-corrected chi connectivity index (χ4v) is 2.77. The lowest BCUT2D eigenvalue weighted by Crippen LogP contribution is -2.29. The number of fused-ring (bicyclic) bond motifs is 1. The standard InChI is InChI=1S/C21H24N4O4/c1-3-11-22-21(27)19-24-18(17-6-4-5-13-25(17)19)20(26)23-12-14-29-16-9-7-15(28-2)8-10-16/h4-10,13H,3,11-12,14H2,1-2H3,(H,22,27)(H,23,26). The number of imidazole rings is 1. The summed E-state index contributed by atoms with van der Waals surface area (Å²) < 4.78 is 12.3. The van der Waals surface area contributed by atoms with Crippen LogP contribution in [0.5, 0.6) is 11.5 Å². The Kier molecular flexibility index (Phi) is 6.67. The second-order valence-corrected chi connectivity index (χ2v) is 6.28. The molecule has 152 valence electrons. The van der Waals surface area contributed by atoms with Crippen molar-refractivity contribution in [3.05, 3.63) is 60.2 Å². The quantitative estimate of drug-likeness (QED) is 0.541. The third kappa shape index (κ3) is 4.84. The fourth-order valence-electron chi connectivity index (χ4n) is 2.77. The Hall–Kier alpha value is -3.55. The lowest BCUT2D eigenvalue weighted by Gasteiger charge is -2.08. The Morgan fingerprint density at radius 2 is 1.72 bits per heavy atom. The molecule has 0 aliphatic carbocycles. The first-order valence-electron chi connectivity index (χ1n) is 9.44. The van der Waals surface area contributed by atoms with Crippen LogP contribution < -0.4 is 20.1 Å². The SMILES string of the molecule is CCCNC(=O)c1nc(C(=O)NCCOc2ccc(OC)cc2)c2ccccn12. The molecule has 0 unspecified atom stereocenters. The third-order valence-electron chi connectivity index (χ3n) is 4.22. The average molecular weight is 396 g/mol. The number of amides is 2. The highest BCUT2D eigenvalue weighted by Gasteiger charge is 2.20. The highest BCUT2D eigenvalue weighted by molar-refractivity contribution is 6.02. The van der Waals surface area contributed by atoms with Gasteiger partial charge in [0.25, 0.3) is 11.8 Å². The van der Waals surface area contributed by atoms with Crippen LogP contribution in [0.25, 0.3) is 5.52 Å². The number of rotatable bonds is 9. The van der Waals surface area contributed by atoms with E-state index in [1.54, 1.807) is 60.2 Å². The van der Waals surface area contributed by atoms with E-state index in [-0.39, 0.29) is 23.3 Å². The number of carbonyl (C=O) groups excluding carboxylic acids is 2. The Morgan fingerprint density at radius 1 is 1.00 bits per heavy atom. The van der Waals surface area contributed by atoms with Crippen LogP contribution in [0.2, 0.25) is 0 Å². The molecule has 29 heavy (non-hydrogen) atoms. The van der Waals surface area contributed by atoms with E-state index in [0.29, 0.717) is 31.0 Å². The number of benzene rings is 1. The second-order valence-electron chi connectivity index (χ2n) is 6.28. The first-order valence-corrected chi connectivity index (χ1v) is 9.44. The number of methoxy groups -OCH3 is 1. The minimum absolute atomic E-state index is 0.189. The number of aromatic nitrogens is 2. The summed E-state index contributed by atoms with van der Waals surface area (Å²) in [5, 5.41) is 5.57. The number of carbonyl (C=O) groups is 2. The van der Waals surface area contributed by atoms with Gasteiger partial charge in [0.2, 0.25) is 5.82 Å². The summed E-state index contributed by atoms with van der Waals surface area (Å²) in [5.41, 5.74) is 0.777. The van der Waals surface area contributed by atoms with E-state index in [0.717, 1.165) is 12.2 Å². The van der Waals surface area contributed by atoms with Gasteiger partial charge in [0.1, 0.15) is 18.1 Å². The molecule has 0 aliphatic heterocycles. The zero-order chi connectivity index (χ0) is 20.6. The van der Waals surface area contributed by atoms with Crippen molar-refractivity contribution in [1.29, 1.82) is 0 Å². The minimum atomic E-state index is -0.360. The maximum atomic E-state index is 12.6. The molecule has 0 spiro atoms. The van der Waals surface area contributed by atoms with Crippen molar-refractivity contribution in [2.45, 2.75) is 13.3 Å². The van der Waals surface area contributed by atoms with Gasteiger partial charge in [-0.15, -0.1) is 0 Å². The van der Waals surface area contributed by atoms with Crippen LogP contribution in [0.4, 0.5) is 0 Å². The smallest absolute Gasteiger partial charge is 0.287 e. The lowest BCUT2D eigenvalue weighted by molar-refractivity contribution is 0.0942. The number of hydrogen-bond donors (Lipinski definition) is 2. The highest BCUT2D eigenvalue weighted by Crippen LogP contribution is 2.17. The van der Waals surface area contributed by atoms with Gasteiger partial charge >= 0.3 is 0 Å². The first kappa shape index (κ1) is 20.2. The van der Waals surface area contributed by atoms with Gasteiger partial charge in [-0.1, -0.05) is 13.0 Å². The van der Waals surface area contributed by atoms with E-state index in [9.17, 15) is 9.59 Å². The summed E-state index contributed by atoms with van der Waals surface area (Å²) in [4.78, 5) is 29.3. The molecule has 0 saturated heterocycles. The highest BCUT2D eigenvalue weighted by atomic mass is 16.5. The van der Waals surface area contributed by atoms with Crippen LogP contribution in [0, 0.1) is 0 Å². The first-order chi connectivity index (χ1) is 14.1. The molecule has 0 aliphatic rings. The summed E-state index contributed by atoms with van der Waals surface area (Å²) >= 11 is 0. The van der Waals surface area contributed by atoms with Gasteiger partial charge in [0.05, 0.1) is 19.2 Å². The third-order valence-corrected chi connectivity index (χ3v) is 4.22. The Morgan fingerprint density at radius 3 is 2.45 bits per heavy atom. The van der Waals surface area contributed by atoms with Crippen LogP contribution in [0.1, 0.15) is 34.5 Å². The molecule has 2 heterocycles. The van der Waals surface area contributed by atoms with Gasteiger partial charge < -0.3 is 20.1 Å². The molecule has 2 N–H and O–H groups in total. The molecule has 0 atom stereocenters. The van der Waals surface area contributed by atoms with Crippen molar-refractivity contribution >= 4 is 17.3 Å². The Labute approximate surface area is 168 Å². The second kappa shape index (κ2) is 9.59. The van der Waals surface area contributed by atoms with Crippen molar-refractivity contribution in [1.82, 2.24) is 20.0 Å². The molecule has 3 aromatic rings. The van der Waals surface area contributed by atoms with Gasteiger partial charge in [-0.05, 0) is 42.8 Å². The van der Waals surface area contributed by atoms with Crippen molar-refractivity contribution in [2.75, 3.05) is 26.8 Å². The van der Waals surface area contributed by atoms with Crippen molar-refractivity contribution in [2.24, 2.45) is 0 Å². The predicted octanol–water partition coefficient (Wildman–Crippen LogP) is 2.29. The average Bonchev–Trinajstić information content (AvgIpc) is 3.15. The summed E-state index contributed by atoms with van der Waals surface area (Å²) in [6, 6.07) is 12.5. The zero-order valence-corrected chi connectivity index (χ0v) is 16.5. The number of nitrogens with one attached hydrogen (secondary N) is 2. The largest absolute Gasteiger partial charge is 0.497 e. The van der Waals surface area contributed by atoms with Crippen LogP contribution >= 0.6 is 0 Å². The molecule has 0 saturated carbocycles. The van der Waals surface area contributed by atoms with E-state index >= 15 is 0 Å². The van der Waals surface area contributed by atoms with Crippen LogP contribution in [-0.2, 0) is 0 Å². The summed E-state index contributed by atoms with van der Waals surface area (Å²) in [5.74, 6) is 0.948. The Balaban J connectivity index is 1.63. The molecule has 0 radical (unpaired) electrons. The van der Waals surface area contributed by atoms with Crippen molar-refractivity contribution in [3.63, 3.8) is 0 Å². The number of ether oxygens (including phenoxy) is 2. The molecule has 8 heteroatoms. The van der Waals surface area contributed by atoms with Gasteiger partial charge in [-0.2, -0.15) is 0 Å².